The van der Waals surface area contributed by atoms with Gasteiger partial charge < -0.3 is 5.32 Å². The van der Waals surface area contributed by atoms with Gasteiger partial charge in [0, 0.05) is 14.5 Å². The second kappa shape index (κ2) is 8.07. The van der Waals surface area contributed by atoms with E-state index in [1.807, 2.05) is 0 Å². The number of hydrogen-bond acceptors (Lipinski definition) is 1. The van der Waals surface area contributed by atoms with Crippen LogP contribution in [0.3, 0.4) is 0 Å². The second-order valence-electron chi connectivity index (χ2n) is 5.86. The Morgan fingerprint density at radius 3 is 1.90 bits per heavy atom. The van der Waals surface area contributed by atoms with Crippen molar-refractivity contribution in [3.63, 3.8) is 0 Å². The SMILES string of the molecule is Cc1cccc(C(=O)Nc2c(Br)cc(C(F)(C(F)(F)F)C(F)(F)F)cc2Br)c1Cl. The number of anilines is 1. The molecule has 2 rings (SSSR count). The van der Waals surface area contributed by atoms with Gasteiger partial charge in [0.25, 0.3) is 5.91 Å². The molecule has 158 valence electrons. The third kappa shape index (κ3) is 4.41. The smallest absolute Gasteiger partial charge is 0.320 e. The summed E-state index contributed by atoms with van der Waals surface area (Å²) in [4.78, 5) is 12.4. The van der Waals surface area contributed by atoms with E-state index in [1.165, 1.54) is 12.1 Å². The highest BCUT2D eigenvalue weighted by Crippen LogP contribution is 2.54. The summed E-state index contributed by atoms with van der Waals surface area (Å²) >= 11 is 11.6. The highest BCUT2D eigenvalue weighted by molar-refractivity contribution is 9.11. The number of nitrogens with one attached hydrogen (secondary N) is 1. The molecule has 1 N–H and O–H groups in total. The van der Waals surface area contributed by atoms with Crippen molar-refractivity contribution in [2.45, 2.75) is 24.9 Å². The van der Waals surface area contributed by atoms with Crippen LogP contribution >= 0.6 is 43.5 Å². The van der Waals surface area contributed by atoms with Crippen LogP contribution in [0, 0.1) is 6.92 Å². The maximum absolute atomic E-state index is 14.3. The average molecular weight is 572 g/mol. The third-order valence-corrected chi connectivity index (χ3v) is 5.65. The minimum atomic E-state index is -6.26. The summed E-state index contributed by atoms with van der Waals surface area (Å²) in [5.41, 5.74) is -6.91. The molecule has 0 aliphatic rings. The predicted molar refractivity (Wildman–Crippen MR) is 101 cm³/mol. The van der Waals surface area contributed by atoms with E-state index in [0.29, 0.717) is 17.7 Å². The first-order valence-electron chi connectivity index (χ1n) is 7.49. The molecule has 0 bridgehead atoms. The number of carbonyl (C=O) groups is 1. The highest BCUT2D eigenvalue weighted by atomic mass is 79.9. The van der Waals surface area contributed by atoms with Gasteiger partial charge in [-0.25, -0.2) is 4.39 Å². The number of aryl methyl sites for hydroxylation is 1. The minimum Gasteiger partial charge on any atom is -0.320 e. The summed E-state index contributed by atoms with van der Waals surface area (Å²) in [6.07, 6.45) is -12.5. The molecule has 0 heterocycles. The largest absolute Gasteiger partial charge is 0.435 e. The van der Waals surface area contributed by atoms with Crippen LogP contribution in [-0.2, 0) is 5.67 Å². The maximum Gasteiger partial charge on any atom is 0.435 e. The minimum absolute atomic E-state index is 0.0277. The van der Waals surface area contributed by atoms with Crippen molar-refractivity contribution in [2.75, 3.05) is 5.32 Å². The zero-order valence-corrected chi connectivity index (χ0v) is 18.0. The zero-order chi connectivity index (χ0) is 22.4. The molecule has 0 aliphatic heterocycles. The molecule has 0 saturated carbocycles. The standard InChI is InChI=1S/C17H9Br2ClF7NO/c1-7-3-2-4-9(12(7)20)14(29)28-13-10(18)5-8(6-11(13)19)15(21,16(22,23)24)17(25,26)27/h2-6H,1H3,(H,28,29). The van der Waals surface area contributed by atoms with E-state index < -0.39 is 38.4 Å². The fourth-order valence-electron chi connectivity index (χ4n) is 2.38. The van der Waals surface area contributed by atoms with E-state index in [9.17, 15) is 35.5 Å². The van der Waals surface area contributed by atoms with Crippen LogP contribution in [0.25, 0.3) is 0 Å². The Morgan fingerprint density at radius 1 is 0.966 bits per heavy atom. The van der Waals surface area contributed by atoms with E-state index in [0.717, 1.165) is 0 Å². The topological polar surface area (TPSA) is 29.1 Å². The van der Waals surface area contributed by atoms with Crippen LogP contribution in [0.1, 0.15) is 21.5 Å². The Bertz CT molecular complexity index is 923. The molecular weight excluding hydrogens is 562 g/mol. The van der Waals surface area contributed by atoms with Gasteiger partial charge in [-0.1, -0.05) is 23.7 Å². The van der Waals surface area contributed by atoms with Gasteiger partial charge in [-0.2, -0.15) is 26.3 Å². The summed E-state index contributed by atoms with van der Waals surface area (Å²) in [5, 5.41) is 2.43. The van der Waals surface area contributed by atoms with E-state index in [4.69, 9.17) is 11.6 Å². The van der Waals surface area contributed by atoms with Gasteiger partial charge in [0.15, 0.2) is 0 Å². The van der Waals surface area contributed by atoms with Crippen LogP contribution in [0.15, 0.2) is 39.3 Å². The summed E-state index contributed by atoms with van der Waals surface area (Å²) in [6.45, 7) is 1.63. The van der Waals surface area contributed by atoms with E-state index in [1.54, 1.807) is 13.0 Å². The molecule has 2 aromatic rings. The van der Waals surface area contributed by atoms with Crippen molar-refractivity contribution in [1.82, 2.24) is 0 Å². The molecule has 0 fully saturated rings. The number of amides is 1. The average Bonchev–Trinajstić information content (AvgIpc) is 2.57. The van der Waals surface area contributed by atoms with Crippen molar-refractivity contribution in [1.29, 1.82) is 0 Å². The molecular formula is C17H9Br2ClF7NO. The second-order valence-corrected chi connectivity index (χ2v) is 7.95. The summed E-state index contributed by atoms with van der Waals surface area (Å²) < 4.78 is 91.2. The Hall–Kier alpha value is -1.33. The summed E-state index contributed by atoms with van der Waals surface area (Å²) in [7, 11) is 0. The first-order chi connectivity index (χ1) is 13.1. The van der Waals surface area contributed by atoms with Crippen LogP contribution in [-0.4, -0.2) is 18.3 Å². The Balaban J connectivity index is 2.52. The van der Waals surface area contributed by atoms with Gasteiger partial charge in [0.05, 0.1) is 16.3 Å². The molecule has 2 nitrogen and oxygen atoms in total. The van der Waals surface area contributed by atoms with Crippen LogP contribution in [0.4, 0.5) is 36.4 Å². The number of alkyl halides is 7. The molecule has 12 heteroatoms. The maximum atomic E-state index is 14.3. The monoisotopic (exact) mass is 569 g/mol. The molecule has 1 amide bonds. The number of carbonyl (C=O) groups excluding carboxylic acids is 1. The van der Waals surface area contributed by atoms with Crippen molar-refractivity contribution in [3.05, 3.63) is 61.0 Å². The van der Waals surface area contributed by atoms with Crippen molar-refractivity contribution in [2.24, 2.45) is 0 Å². The number of benzene rings is 2. The van der Waals surface area contributed by atoms with Gasteiger partial charge >= 0.3 is 18.0 Å². The molecule has 0 aliphatic carbocycles. The Kier molecular flexibility index (Phi) is 6.66. The Labute approximate surface area is 181 Å². The van der Waals surface area contributed by atoms with Crippen LogP contribution in [0.5, 0.6) is 0 Å². The van der Waals surface area contributed by atoms with Crippen LogP contribution < -0.4 is 5.32 Å². The van der Waals surface area contributed by atoms with Crippen molar-refractivity contribution >= 4 is 55.1 Å². The van der Waals surface area contributed by atoms with Gasteiger partial charge in [0.1, 0.15) is 0 Å². The fourth-order valence-corrected chi connectivity index (χ4v) is 3.98. The van der Waals surface area contributed by atoms with E-state index >= 15 is 0 Å². The first-order valence-corrected chi connectivity index (χ1v) is 9.46. The number of halogens is 10. The third-order valence-electron chi connectivity index (χ3n) is 3.90. The lowest BCUT2D eigenvalue weighted by atomic mass is 9.94. The summed E-state index contributed by atoms with van der Waals surface area (Å²) in [6, 6.07) is 5.15. The summed E-state index contributed by atoms with van der Waals surface area (Å²) in [5.74, 6) is -0.772. The highest BCUT2D eigenvalue weighted by Gasteiger charge is 2.73. The lowest BCUT2D eigenvalue weighted by Crippen LogP contribution is -2.50. The van der Waals surface area contributed by atoms with E-state index in [2.05, 4.69) is 37.2 Å². The van der Waals surface area contributed by atoms with Crippen molar-refractivity contribution in [3.8, 4) is 0 Å². The van der Waals surface area contributed by atoms with Crippen LogP contribution in [0.2, 0.25) is 5.02 Å². The van der Waals surface area contributed by atoms with Gasteiger partial charge in [-0.3, -0.25) is 4.79 Å². The lowest BCUT2D eigenvalue weighted by molar-refractivity contribution is -0.348. The van der Waals surface area contributed by atoms with Gasteiger partial charge in [-0.15, -0.1) is 0 Å². The Morgan fingerprint density at radius 2 is 1.45 bits per heavy atom. The van der Waals surface area contributed by atoms with Crippen molar-refractivity contribution < 1.29 is 35.5 Å². The molecule has 0 aromatic heterocycles. The molecule has 0 saturated heterocycles. The fraction of sp³-hybridized carbons (Fsp3) is 0.235. The van der Waals surface area contributed by atoms with E-state index in [-0.39, 0.29) is 16.3 Å². The quantitative estimate of drug-likeness (QED) is 0.376. The zero-order valence-electron chi connectivity index (χ0n) is 14.1. The number of hydrogen-bond donors (Lipinski definition) is 1. The molecule has 29 heavy (non-hydrogen) atoms. The molecule has 0 unspecified atom stereocenters. The first kappa shape index (κ1) is 23.9. The molecule has 2 aromatic carbocycles. The molecule has 0 spiro atoms. The lowest BCUT2D eigenvalue weighted by Gasteiger charge is -2.31. The van der Waals surface area contributed by atoms with Gasteiger partial charge in [-0.05, 0) is 62.5 Å². The number of rotatable bonds is 3. The predicted octanol–water partition coefficient (Wildman–Crippen LogP) is 7.72. The molecule has 0 radical (unpaired) electrons. The molecule has 0 atom stereocenters. The normalized spacial score (nSPS) is 12.8. The van der Waals surface area contributed by atoms with Gasteiger partial charge in [0.2, 0.25) is 0 Å².